The summed E-state index contributed by atoms with van der Waals surface area (Å²) in [4.78, 5) is 0. The van der Waals surface area contributed by atoms with Crippen LogP contribution in [0, 0.1) is 0 Å². The molecule has 2 aromatic rings. The summed E-state index contributed by atoms with van der Waals surface area (Å²) in [6.07, 6.45) is 2.86. The maximum atomic E-state index is 5.46. The van der Waals surface area contributed by atoms with Gasteiger partial charge in [-0.1, -0.05) is 18.2 Å². The Bertz CT molecular complexity index is 424. The van der Waals surface area contributed by atoms with Crippen LogP contribution < -0.4 is 5.32 Å². The van der Waals surface area contributed by atoms with Gasteiger partial charge >= 0.3 is 0 Å². The van der Waals surface area contributed by atoms with E-state index in [4.69, 9.17) is 4.42 Å². The Morgan fingerprint density at radius 3 is 2.93 bits per heavy atom. The molecule has 0 saturated heterocycles. The van der Waals surface area contributed by atoms with Crippen LogP contribution in [0.25, 0.3) is 11.0 Å². The van der Waals surface area contributed by atoms with Crippen LogP contribution in [0.15, 0.2) is 34.9 Å². The molecule has 0 fully saturated rings. The molecule has 0 atom stereocenters. The molecule has 1 heterocycles. The van der Waals surface area contributed by atoms with Crippen LogP contribution in [0.3, 0.4) is 0 Å². The first-order valence-electron chi connectivity index (χ1n) is 5.18. The number of para-hydroxylation sites is 1. The molecule has 0 bridgehead atoms. The molecule has 0 aliphatic carbocycles. The van der Waals surface area contributed by atoms with Gasteiger partial charge in [0.1, 0.15) is 5.58 Å². The summed E-state index contributed by atoms with van der Waals surface area (Å²) in [6, 6.07) is 8.14. The summed E-state index contributed by atoms with van der Waals surface area (Å²) in [5.74, 6) is 0.881. The third-order valence-corrected chi connectivity index (χ3v) is 2.64. The molecule has 80 valence electrons. The quantitative estimate of drug-likeness (QED) is 0.599. The number of nitrogens with one attached hydrogen (secondary N) is 1. The van der Waals surface area contributed by atoms with Crippen molar-refractivity contribution in [2.24, 2.45) is 0 Å². The highest BCUT2D eigenvalue weighted by atomic mass is 32.1. The third kappa shape index (κ3) is 2.55. The van der Waals surface area contributed by atoms with Crippen molar-refractivity contribution >= 4 is 23.6 Å². The zero-order valence-electron chi connectivity index (χ0n) is 8.57. The van der Waals surface area contributed by atoms with Crippen LogP contribution >= 0.6 is 12.6 Å². The Morgan fingerprint density at radius 2 is 2.07 bits per heavy atom. The number of thiol groups is 1. The molecule has 2 nitrogen and oxygen atoms in total. The molecule has 1 aromatic carbocycles. The lowest BCUT2D eigenvalue weighted by Gasteiger charge is -2.00. The molecule has 1 N–H and O–H groups in total. The molecule has 0 spiro atoms. The maximum absolute atomic E-state index is 5.46. The highest BCUT2D eigenvalue weighted by molar-refractivity contribution is 7.80. The predicted molar refractivity (Wildman–Crippen MR) is 66.6 cm³/mol. The first-order chi connectivity index (χ1) is 7.42. The number of hydrogen-bond acceptors (Lipinski definition) is 3. The fourth-order valence-electron chi connectivity index (χ4n) is 1.65. The van der Waals surface area contributed by atoms with Gasteiger partial charge < -0.3 is 9.73 Å². The third-order valence-electron chi connectivity index (χ3n) is 2.42. The zero-order chi connectivity index (χ0) is 10.5. The van der Waals surface area contributed by atoms with Gasteiger partial charge in [-0.3, -0.25) is 0 Å². The normalized spacial score (nSPS) is 11.0. The summed E-state index contributed by atoms with van der Waals surface area (Å²) in [5, 5.41) is 4.55. The lowest BCUT2D eigenvalue weighted by atomic mass is 10.1. The fraction of sp³-hybridized carbons (Fsp3) is 0.333. The van der Waals surface area contributed by atoms with Crippen molar-refractivity contribution < 1.29 is 4.42 Å². The van der Waals surface area contributed by atoms with Crippen molar-refractivity contribution in [1.29, 1.82) is 0 Å². The van der Waals surface area contributed by atoms with Gasteiger partial charge in [-0.2, -0.15) is 12.6 Å². The summed E-state index contributed by atoms with van der Waals surface area (Å²) in [7, 11) is 0. The van der Waals surface area contributed by atoms with Crippen LogP contribution in [0.5, 0.6) is 0 Å². The standard InChI is InChI=1S/C12H15NOS/c15-8-7-13-6-5-10-9-14-12-4-2-1-3-11(10)12/h1-4,9,13,15H,5-8H2. The van der Waals surface area contributed by atoms with E-state index < -0.39 is 0 Å². The lowest BCUT2D eigenvalue weighted by molar-refractivity contribution is 0.607. The second-order valence-electron chi connectivity index (χ2n) is 3.48. The van der Waals surface area contributed by atoms with Gasteiger partial charge in [0.25, 0.3) is 0 Å². The molecular weight excluding hydrogens is 206 g/mol. The number of rotatable bonds is 5. The van der Waals surface area contributed by atoms with E-state index in [9.17, 15) is 0 Å². The lowest BCUT2D eigenvalue weighted by Crippen LogP contribution is -2.19. The molecular formula is C12H15NOS. The largest absolute Gasteiger partial charge is 0.464 e. The molecule has 0 amide bonds. The van der Waals surface area contributed by atoms with E-state index in [1.54, 1.807) is 0 Å². The molecule has 3 heteroatoms. The number of fused-ring (bicyclic) bond motifs is 1. The van der Waals surface area contributed by atoms with Crippen molar-refractivity contribution in [3.8, 4) is 0 Å². The van der Waals surface area contributed by atoms with Crippen molar-refractivity contribution in [2.75, 3.05) is 18.8 Å². The van der Waals surface area contributed by atoms with E-state index >= 15 is 0 Å². The van der Waals surface area contributed by atoms with E-state index in [0.717, 1.165) is 30.8 Å². The van der Waals surface area contributed by atoms with Crippen molar-refractivity contribution in [1.82, 2.24) is 5.32 Å². The summed E-state index contributed by atoms with van der Waals surface area (Å²) in [5.41, 5.74) is 2.25. The second-order valence-corrected chi connectivity index (χ2v) is 3.93. The average molecular weight is 221 g/mol. The van der Waals surface area contributed by atoms with Crippen LogP contribution in [0.2, 0.25) is 0 Å². The molecule has 0 saturated carbocycles. The first kappa shape index (κ1) is 10.6. The molecule has 0 aliphatic rings. The van der Waals surface area contributed by atoms with Crippen molar-refractivity contribution in [3.63, 3.8) is 0 Å². The van der Waals surface area contributed by atoms with E-state index in [-0.39, 0.29) is 0 Å². The average Bonchev–Trinajstić information content (AvgIpc) is 2.68. The minimum Gasteiger partial charge on any atom is -0.464 e. The van der Waals surface area contributed by atoms with Gasteiger partial charge in [0.15, 0.2) is 0 Å². The number of furan rings is 1. The first-order valence-corrected chi connectivity index (χ1v) is 5.82. The van der Waals surface area contributed by atoms with E-state index in [1.165, 1.54) is 10.9 Å². The van der Waals surface area contributed by atoms with Crippen LogP contribution in [0.4, 0.5) is 0 Å². The van der Waals surface area contributed by atoms with Crippen LogP contribution in [0.1, 0.15) is 5.56 Å². The Hall–Kier alpha value is -0.930. The van der Waals surface area contributed by atoms with Crippen molar-refractivity contribution in [3.05, 3.63) is 36.1 Å². The molecule has 0 aliphatic heterocycles. The van der Waals surface area contributed by atoms with E-state index in [0.29, 0.717) is 0 Å². The van der Waals surface area contributed by atoms with Gasteiger partial charge in [0.2, 0.25) is 0 Å². The van der Waals surface area contributed by atoms with E-state index in [2.05, 4.69) is 24.0 Å². The van der Waals surface area contributed by atoms with Gasteiger partial charge in [0.05, 0.1) is 6.26 Å². The Labute approximate surface area is 95.1 Å². The minimum absolute atomic E-state index is 0.881. The Morgan fingerprint density at radius 1 is 1.20 bits per heavy atom. The molecule has 0 radical (unpaired) electrons. The van der Waals surface area contributed by atoms with Gasteiger partial charge in [-0.25, -0.2) is 0 Å². The van der Waals surface area contributed by atoms with Crippen LogP contribution in [-0.2, 0) is 6.42 Å². The predicted octanol–water partition coefficient (Wildman–Crippen LogP) is 2.49. The topological polar surface area (TPSA) is 25.2 Å². The van der Waals surface area contributed by atoms with Gasteiger partial charge in [-0.15, -0.1) is 0 Å². The highest BCUT2D eigenvalue weighted by Gasteiger charge is 2.03. The monoisotopic (exact) mass is 221 g/mol. The smallest absolute Gasteiger partial charge is 0.134 e. The molecule has 2 rings (SSSR count). The summed E-state index contributed by atoms with van der Waals surface area (Å²) >= 11 is 4.15. The Kier molecular flexibility index (Phi) is 3.69. The van der Waals surface area contributed by atoms with E-state index in [1.807, 2.05) is 24.5 Å². The SMILES string of the molecule is SCCNCCc1coc2ccccc12. The molecule has 15 heavy (non-hydrogen) atoms. The van der Waals surface area contributed by atoms with Crippen LogP contribution in [-0.4, -0.2) is 18.8 Å². The minimum atomic E-state index is 0.881. The number of hydrogen-bond donors (Lipinski definition) is 2. The summed E-state index contributed by atoms with van der Waals surface area (Å²) < 4.78 is 5.46. The van der Waals surface area contributed by atoms with Gasteiger partial charge in [-0.05, 0) is 24.6 Å². The molecule has 1 aromatic heterocycles. The highest BCUT2D eigenvalue weighted by Crippen LogP contribution is 2.20. The summed E-state index contributed by atoms with van der Waals surface area (Å²) in [6.45, 7) is 1.93. The zero-order valence-corrected chi connectivity index (χ0v) is 9.47. The fourth-order valence-corrected chi connectivity index (χ4v) is 1.81. The van der Waals surface area contributed by atoms with Gasteiger partial charge in [0, 0.05) is 17.7 Å². The van der Waals surface area contributed by atoms with Crippen molar-refractivity contribution in [2.45, 2.75) is 6.42 Å². The number of benzene rings is 1. The second kappa shape index (κ2) is 5.24. The Balaban J connectivity index is 2.02. The maximum Gasteiger partial charge on any atom is 0.134 e. The molecule has 0 unspecified atom stereocenters.